The Kier molecular flexibility index (Phi) is 5.15. The van der Waals surface area contributed by atoms with Gasteiger partial charge in [-0.05, 0) is 24.3 Å². The molecule has 14 nitrogen and oxygen atoms in total. The van der Waals surface area contributed by atoms with Crippen molar-refractivity contribution in [2.45, 2.75) is 12.8 Å². The minimum atomic E-state index is -0.445. The van der Waals surface area contributed by atoms with Gasteiger partial charge in [-0.25, -0.2) is 0 Å². The number of nitro benzene ring substituents is 2. The Hall–Kier alpha value is -4.70. The lowest BCUT2D eigenvalue weighted by atomic mass is 10.2. The highest BCUT2D eigenvalue weighted by molar-refractivity contribution is 7.20. The van der Waals surface area contributed by atoms with Crippen LogP contribution >= 0.6 is 22.7 Å². The molecular weight excluding hydrogens is 508 g/mol. The number of non-ortho nitro benzene ring substituents is 2. The Labute approximate surface area is 207 Å². The first-order valence-electron chi connectivity index (χ1n) is 10.4. The minimum Gasteiger partial charge on any atom is -0.258 e. The first-order chi connectivity index (χ1) is 17.5. The van der Waals surface area contributed by atoms with E-state index in [0.29, 0.717) is 44.4 Å². The molecule has 4 heterocycles. The van der Waals surface area contributed by atoms with Crippen molar-refractivity contribution in [3.05, 3.63) is 80.4 Å². The van der Waals surface area contributed by atoms with Crippen LogP contribution in [-0.2, 0) is 12.8 Å². The number of hydrogen-bond acceptors (Lipinski definition) is 12. The minimum absolute atomic E-state index is 0.0147. The van der Waals surface area contributed by atoms with Gasteiger partial charge < -0.3 is 0 Å². The number of aromatic nitrogens is 8. The van der Waals surface area contributed by atoms with Gasteiger partial charge in [0.25, 0.3) is 11.4 Å². The van der Waals surface area contributed by atoms with Crippen LogP contribution in [0.3, 0.4) is 0 Å². The van der Waals surface area contributed by atoms with E-state index in [1.807, 2.05) is 0 Å². The van der Waals surface area contributed by atoms with E-state index in [9.17, 15) is 20.2 Å². The predicted octanol–water partition coefficient (Wildman–Crippen LogP) is 3.62. The first kappa shape index (κ1) is 21.8. The topological polar surface area (TPSA) is 172 Å². The number of rotatable bonds is 7. The summed E-state index contributed by atoms with van der Waals surface area (Å²) in [5.74, 6) is 1.27. The molecule has 0 saturated heterocycles. The maximum absolute atomic E-state index is 10.9. The highest BCUT2D eigenvalue weighted by Gasteiger charge is 2.17. The summed E-state index contributed by atoms with van der Waals surface area (Å²) in [4.78, 5) is 22.1. The zero-order valence-electron chi connectivity index (χ0n) is 18.0. The second-order valence-electron chi connectivity index (χ2n) is 7.54. The molecule has 0 atom stereocenters. The fourth-order valence-corrected chi connectivity index (χ4v) is 5.26. The SMILES string of the molecule is O=[N+]([O-])c1ccc(-c2nn3c(CCc4nnc5sc(-c6ccc([N+](=O)[O-])cc6)nn45)nnc3s2)cc1. The van der Waals surface area contributed by atoms with Crippen molar-refractivity contribution in [3.63, 3.8) is 0 Å². The second kappa shape index (κ2) is 8.51. The normalized spacial score (nSPS) is 11.4. The summed E-state index contributed by atoms with van der Waals surface area (Å²) in [6.07, 6.45) is 0.964. The lowest BCUT2D eigenvalue weighted by Gasteiger charge is -1.97. The number of aryl methyl sites for hydroxylation is 2. The molecule has 0 radical (unpaired) electrons. The van der Waals surface area contributed by atoms with Gasteiger partial charge in [0.05, 0.1) is 9.85 Å². The summed E-state index contributed by atoms with van der Waals surface area (Å²) in [6, 6.07) is 12.4. The molecule has 36 heavy (non-hydrogen) atoms. The second-order valence-corrected chi connectivity index (χ2v) is 9.46. The maximum Gasteiger partial charge on any atom is 0.269 e. The van der Waals surface area contributed by atoms with E-state index in [4.69, 9.17) is 0 Å². The predicted molar refractivity (Wildman–Crippen MR) is 129 cm³/mol. The highest BCUT2D eigenvalue weighted by Crippen LogP contribution is 2.29. The average Bonchev–Trinajstić information content (AvgIpc) is 3.64. The van der Waals surface area contributed by atoms with Crippen LogP contribution in [0, 0.1) is 20.2 Å². The van der Waals surface area contributed by atoms with Gasteiger partial charge in [-0.1, -0.05) is 22.7 Å². The van der Waals surface area contributed by atoms with Gasteiger partial charge in [-0.2, -0.15) is 19.2 Å². The van der Waals surface area contributed by atoms with Crippen LogP contribution in [0.5, 0.6) is 0 Å². The Morgan fingerprint density at radius 2 is 1.03 bits per heavy atom. The van der Waals surface area contributed by atoms with E-state index in [1.54, 1.807) is 33.3 Å². The Morgan fingerprint density at radius 1 is 0.639 bits per heavy atom. The largest absolute Gasteiger partial charge is 0.269 e. The molecule has 6 rings (SSSR count). The van der Waals surface area contributed by atoms with Crippen molar-refractivity contribution in [1.29, 1.82) is 0 Å². The quantitative estimate of drug-likeness (QED) is 0.223. The van der Waals surface area contributed by atoms with Crippen LogP contribution in [0.25, 0.3) is 31.1 Å². The Balaban J connectivity index is 1.22. The molecule has 0 fully saturated rings. The lowest BCUT2D eigenvalue weighted by Crippen LogP contribution is -2.03. The molecule has 0 spiro atoms. The van der Waals surface area contributed by atoms with Crippen molar-refractivity contribution >= 4 is 44.0 Å². The number of nitro groups is 2. The molecule has 0 saturated carbocycles. The standard InChI is InChI=1S/C20H12N10O4S2/c31-29(32)13-5-1-11(2-6-13)17-25-27-15(21-23-19(27)35-17)9-10-16-22-24-20-28(16)26-18(36-20)12-3-7-14(8-4-12)30(33)34/h1-8H,9-10H2. The summed E-state index contributed by atoms with van der Waals surface area (Å²) in [6.45, 7) is 0. The molecule has 0 aliphatic rings. The highest BCUT2D eigenvalue weighted by atomic mass is 32.1. The smallest absolute Gasteiger partial charge is 0.258 e. The summed E-state index contributed by atoms with van der Waals surface area (Å²) in [7, 11) is 0. The average molecular weight is 521 g/mol. The van der Waals surface area contributed by atoms with E-state index < -0.39 is 9.85 Å². The Bertz CT molecular complexity index is 1620. The van der Waals surface area contributed by atoms with Gasteiger partial charge in [0.15, 0.2) is 11.6 Å². The zero-order valence-corrected chi connectivity index (χ0v) is 19.6. The molecule has 178 valence electrons. The molecule has 0 amide bonds. The van der Waals surface area contributed by atoms with Crippen LogP contribution in [-0.4, -0.2) is 49.5 Å². The summed E-state index contributed by atoms with van der Waals surface area (Å²) >= 11 is 2.67. The fourth-order valence-electron chi connectivity index (χ4n) is 3.54. The van der Waals surface area contributed by atoms with Gasteiger partial charge in [0.2, 0.25) is 9.92 Å². The first-order valence-corrected chi connectivity index (χ1v) is 12.0. The lowest BCUT2D eigenvalue weighted by molar-refractivity contribution is -0.385. The third kappa shape index (κ3) is 3.83. The van der Waals surface area contributed by atoms with Crippen molar-refractivity contribution in [2.24, 2.45) is 0 Å². The van der Waals surface area contributed by atoms with E-state index >= 15 is 0 Å². The number of benzene rings is 2. The van der Waals surface area contributed by atoms with Crippen molar-refractivity contribution in [1.82, 2.24) is 39.6 Å². The van der Waals surface area contributed by atoms with E-state index in [1.165, 1.54) is 46.9 Å². The number of nitrogens with zero attached hydrogens (tertiary/aromatic N) is 10. The third-order valence-corrected chi connectivity index (χ3v) is 7.23. The summed E-state index contributed by atoms with van der Waals surface area (Å²) in [5.41, 5.74) is 1.53. The summed E-state index contributed by atoms with van der Waals surface area (Å²) < 4.78 is 3.31. The fraction of sp³-hybridized carbons (Fsp3) is 0.100. The molecule has 0 N–H and O–H groups in total. The molecule has 16 heteroatoms. The van der Waals surface area contributed by atoms with Gasteiger partial charge in [-0.3, -0.25) is 20.2 Å². The van der Waals surface area contributed by atoms with E-state index in [-0.39, 0.29) is 11.4 Å². The molecule has 6 aromatic rings. The number of fused-ring (bicyclic) bond motifs is 2. The van der Waals surface area contributed by atoms with Gasteiger partial charge in [0.1, 0.15) is 10.0 Å². The van der Waals surface area contributed by atoms with Crippen LogP contribution in [0.15, 0.2) is 48.5 Å². The molecule has 4 aromatic heterocycles. The Morgan fingerprint density at radius 3 is 1.39 bits per heavy atom. The molecular formula is C20H12N10O4S2. The van der Waals surface area contributed by atoms with Crippen molar-refractivity contribution in [2.75, 3.05) is 0 Å². The van der Waals surface area contributed by atoms with E-state index in [2.05, 4.69) is 30.6 Å². The van der Waals surface area contributed by atoms with E-state index in [0.717, 1.165) is 11.1 Å². The molecule has 0 aliphatic heterocycles. The summed E-state index contributed by atoms with van der Waals surface area (Å²) in [5, 5.41) is 49.1. The van der Waals surface area contributed by atoms with Crippen LogP contribution in [0.4, 0.5) is 11.4 Å². The molecule has 0 bridgehead atoms. The van der Waals surface area contributed by atoms with Crippen LogP contribution in [0.2, 0.25) is 0 Å². The van der Waals surface area contributed by atoms with Crippen molar-refractivity contribution in [3.8, 4) is 21.1 Å². The number of hydrogen-bond donors (Lipinski definition) is 0. The van der Waals surface area contributed by atoms with Crippen LogP contribution in [0.1, 0.15) is 11.6 Å². The molecule has 0 unspecified atom stereocenters. The molecule has 0 aliphatic carbocycles. The third-order valence-electron chi connectivity index (χ3n) is 5.33. The van der Waals surface area contributed by atoms with Crippen molar-refractivity contribution < 1.29 is 9.85 Å². The monoisotopic (exact) mass is 520 g/mol. The van der Waals surface area contributed by atoms with Gasteiger partial charge >= 0.3 is 0 Å². The van der Waals surface area contributed by atoms with Gasteiger partial charge in [-0.15, -0.1) is 20.4 Å². The zero-order chi connectivity index (χ0) is 24.8. The molecule has 2 aromatic carbocycles. The maximum atomic E-state index is 10.9. The van der Waals surface area contributed by atoms with Gasteiger partial charge in [0, 0.05) is 48.2 Å². The van der Waals surface area contributed by atoms with Crippen LogP contribution < -0.4 is 0 Å².